The summed E-state index contributed by atoms with van der Waals surface area (Å²) in [6.07, 6.45) is 0. The highest BCUT2D eigenvalue weighted by molar-refractivity contribution is 5.92. The van der Waals surface area contributed by atoms with E-state index >= 15 is 0 Å². The molecule has 0 atom stereocenters. The Labute approximate surface area is 109 Å². The van der Waals surface area contributed by atoms with Gasteiger partial charge in [0.25, 0.3) is 0 Å². The lowest BCUT2D eigenvalue weighted by Crippen LogP contribution is -2.11. The topological polar surface area (TPSA) is 78.3 Å². The van der Waals surface area contributed by atoms with Crippen LogP contribution in [-0.4, -0.2) is 5.91 Å². The van der Waals surface area contributed by atoms with E-state index in [2.05, 4.69) is 0 Å². The van der Waals surface area contributed by atoms with Gasteiger partial charge < -0.3 is 16.2 Å². The molecule has 1 amide bonds. The van der Waals surface area contributed by atoms with E-state index < -0.39 is 11.7 Å². The molecule has 0 aliphatic rings. The van der Waals surface area contributed by atoms with Crippen LogP contribution in [0.4, 0.5) is 10.1 Å². The number of halogens is 1. The lowest BCUT2D eigenvalue weighted by Gasteiger charge is -2.09. The molecule has 0 saturated carbocycles. The summed E-state index contributed by atoms with van der Waals surface area (Å²) < 4.78 is 18.3. The van der Waals surface area contributed by atoms with Crippen LogP contribution in [0.15, 0.2) is 42.5 Å². The molecule has 0 heterocycles. The molecule has 0 aliphatic heterocycles. The molecule has 0 aromatic heterocycles. The van der Waals surface area contributed by atoms with Gasteiger partial charge in [-0.2, -0.15) is 0 Å². The van der Waals surface area contributed by atoms with Crippen LogP contribution < -0.4 is 16.2 Å². The molecule has 0 saturated heterocycles. The second kappa shape index (κ2) is 5.39. The average molecular weight is 260 g/mol. The fourth-order valence-electron chi connectivity index (χ4n) is 1.63. The van der Waals surface area contributed by atoms with Crippen molar-refractivity contribution < 1.29 is 13.9 Å². The van der Waals surface area contributed by atoms with Crippen LogP contribution >= 0.6 is 0 Å². The molecule has 0 unspecified atom stereocenters. The highest BCUT2D eigenvalue weighted by Crippen LogP contribution is 2.23. The summed E-state index contributed by atoms with van der Waals surface area (Å²) in [6, 6.07) is 10.7. The van der Waals surface area contributed by atoms with Gasteiger partial charge in [0.1, 0.15) is 18.2 Å². The van der Waals surface area contributed by atoms with Crippen molar-refractivity contribution in [1.82, 2.24) is 0 Å². The highest BCUT2D eigenvalue weighted by Gasteiger charge is 2.04. The molecule has 4 N–H and O–H groups in total. The fraction of sp³-hybridized carbons (Fsp3) is 0.0714. The number of anilines is 1. The van der Waals surface area contributed by atoms with Crippen molar-refractivity contribution in [3.8, 4) is 5.75 Å². The Kier molecular flexibility index (Phi) is 3.66. The van der Waals surface area contributed by atoms with E-state index in [9.17, 15) is 9.18 Å². The first-order valence-corrected chi connectivity index (χ1v) is 5.63. The number of hydrogen-bond acceptors (Lipinski definition) is 3. The second-order valence-corrected chi connectivity index (χ2v) is 4.04. The molecule has 2 rings (SSSR count). The lowest BCUT2D eigenvalue weighted by molar-refractivity contribution is 0.1000. The van der Waals surface area contributed by atoms with Crippen LogP contribution in [0.2, 0.25) is 0 Å². The number of ether oxygens (including phenoxy) is 1. The Morgan fingerprint density at radius 3 is 2.68 bits per heavy atom. The summed E-state index contributed by atoms with van der Waals surface area (Å²) in [5, 5.41) is 0. The second-order valence-electron chi connectivity index (χ2n) is 4.04. The van der Waals surface area contributed by atoms with Gasteiger partial charge in [0.15, 0.2) is 0 Å². The quantitative estimate of drug-likeness (QED) is 0.826. The zero-order valence-corrected chi connectivity index (χ0v) is 10.1. The first-order valence-electron chi connectivity index (χ1n) is 5.63. The molecule has 98 valence electrons. The number of benzene rings is 2. The molecule has 0 fully saturated rings. The monoisotopic (exact) mass is 260 g/mol. The standard InChI is InChI=1S/C14H13FN2O2/c15-11-4-5-13(12(16)7-11)19-8-9-2-1-3-10(6-9)14(17)18/h1-7H,8,16H2,(H2,17,18). The Morgan fingerprint density at radius 1 is 1.21 bits per heavy atom. The average Bonchev–Trinajstić information content (AvgIpc) is 2.38. The van der Waals surface area contributed by atoms with Crippen molar-refractivity contribution in [2.24, 2.45) is 5.73 Å². The zero-order valence-electron chi connectivity index (χ0n) is 10.1. The predicted molar refractivity (Wildman–Crippen MR) is 70.1 cm³/mol. The van der Waals surface area contributed by atoms with Gasteiger partial charge >= 0.3 is 0 Å². The smallest absolute Gasteiger partial charge is 0.248 e. The Balaban J connectivity index is 2.10. The third-order valence-corrected chi connectivity index (χ3v) is 2.58. The van der Waals surface area contributed by atoms with Crippen LogP contribution in [0.5, 0.6) is 5.75 Å². The molecule has 2 aromatic rings. The van der Waals surface area contributed by atoms with Gasteiger partial charge in [0, 0.05) is 11.6 Å². The van der Waals surface area contributed by atoms with Gasteiger partial charge in [0.2, 0.25) is 5.91 Å². The van der Waals surface area contributed by atoms with E-state index in [1.807, 2.05) is 0 Å². The van der Waals surface area contributed by atoms with Crippen LogP contribution in [-0.2, 0) is 6.61 Å². The van der Waals surface area contributed by atoms with E-state index in [0.29, 0.717) is 11.3 Å². The number of nitrogens with two attached hydrogens (primary N) is 2. The molecule has 4 nitrogen and oxygen atoms in total. The van der Waals surface area contributed by atoms with Crippen molar-refractivity contribution in [1.29, 1.82) is 0 Å². The minimum absolute atomic E-state index is 0.219. The predicted octanol–water partition coefficient (Wildman–Crippen LogP) is 2.09. The summed E-state index contributed by atoms with van der Waals surface area (Å²) in [7, 11) is 0. The van der Waals surface area contributed by atoms with Crippen LogP contribution in [0, 0.1) is 5.82 Å². The molecule has 0 spiro atoms. The number of carbonyl (C=O) groups is 1. The Bertz CT molecular complexity index is 614. The minimum Gasteiger partial charge on any atom is -0.487 e. The maximum Gasteiger partial charge on any atom is 0.248 e. The number of hydrogen-bond donors (Lipinski definition) is 2. The SMILES string of the molecule is NC(=O)c1cccc(COc2ccc(F)cc2N)c1. The zero-order chi connectivity index (χ0) is 13.8. The number of primary amides is 1. The summed E-state index contributed by atoms with van der Waals surface area (Å²) in [4.78, 5) is 11.0. The van der Waals surface area contributed by atoms with Crippen LogP contribution in [0.1, 0.15) is 15.9 Å². The minimum atomic E-state index is -0.497. The molecule has 0 bridgehead atoms. The van der Waals surface area contributed by atoms with Crippen LogP contribution in [0.3, 0.4) is 0 Å². The van der Waals surface area contributed by atoms with Gasteiger partial charge in [-0.25, -0.2) is 4.39 Å². The third-order valence-electron chi connectivity index (χ3n) is 2.58. The van der Waals surface area contributed by atoms with Gasteiger partial charge in [-0.15, -0.1) is 0 Å². The molecule has 0 radical (unpaired) electrons. The largest absolute Gasteiger partial charge is 0.487 e. The first kappa shape index (κ1) is 12.9. The van der Waals surface area contributed by atoms with Gasteiger partial charge in [-0.3, -0.25) is 4.79 Å². The lowest BCUT2D eigenvalue weighted by atomic mass is 10.1. The first-order chi connectivity index (χ1) is 9.06. The van der Waals surface area contributed by atoms with Crippen molar-refractivity contribution >= 4 is 11.6 Å². The summed E-state index contributed by atoms with van der Waals surface area (Å²) in [6.45, 7) is 0.219. The Hall–Kier alpha value is -2.56. The van der Waals surface area contributed by atoms with Crippen molar-refractivity contribution in [3.63, 3.8) is 0 Å². The van der Waals surface area contributed by atoms with Crippen molar-refractivity contribution in [2.45, 2.75) is 6.61 Å². The van der Waals surface area contributed by atoms with E-state index in [0.717, 1.165) is 5.56 Å². The third kappa shape index (κ3) is 3.22. The maximum absolute atomic E-state index is 12.9. The molecule has 19 heavy (non-hydrogen) atoms. The number of nitrogen functional groups attached to an aromatic ring is 1. The summed E-state index contributed by atoms with van der Waals surface area (Å²) in [5.41, 5.74) is 12.2. The molecular formula is C14H13FN2O2. The number of rotatable bonds is 4. The molecular weight excluding hydrogens is 247 g/mol. The van der Waals surface area contributed by atoms with E-state index in [4.69, 9.17) is 16.2 Å². The summed E-state index contributed by atoms with van der Waals surface area (Å²) >= 11 is 0. The van der Waals surface area contributed by atoms with Gasteiger partial charge in [-0.1, -0.05) is 12.1 Å². The number of amides is 1. The Morgan fingerprint density at radius 2 is 2.00 bits per heavy atom. The molecule has 5 heteroatoms. The highest BCUT2D eigenvalue weighted by atomic mass is 19.1. The fourth-order valence-corrected chi connectivity index (χ4v) is 1.63. The van der Waals surface area contributed by atoms with Crippen molar-refractivity contribution in [2.75, 3.05) is 5.73 Å². The van der Waals surface area contributed by atoms with E-state index in [1.54, 1.807) is 24.3 Å². The summed E-state index contributed by atoms with van der Waals surface area (Å²) in [5.74, 6) is -0.519. The number of carbonyl (C=O) groups excluding carboxylic acids is 1. The van der Waals surface area contributed by atoms with E-state index in [1.165, 1.54) is 18.2 Å². The van der Waals surface area contributed by atoms with Gasteiger partial charge in [0.05, 0.1) is 5.69 Å². The molecule has 0 aliphatic carbocycles. The van der Waals surface area contributed by atoms with Crippen molar-refractivity contribution in [3.05, 3.63) is 59.4 Å². The molecule has 2 aromatic carbocycles. The van der Waals surface area contributed by atoms with E-state index in [-0.39, 0.29) is 12.3 Å². The van der Waals surface area contributed by atoms with Gasteiger partial charge in [-0.05, 0) is 29.8 Å². The normalized spacial score (nSPS) is 10.2. The maximum atomic E-state index is 12.9. The van der Waals surface area contributed by atoms with Crippen LogP contribution in [0.25, 0.3) is 0 Å².